The Hall–Kier alpha value is -3.93. The highest BCUT2D eigenvalue weighted by molar-refractivity contribution is 5.76. The van der Waals surface area contributed by atoms with E-state index in [2.05, 4.69) is 30.9 Å². The number of nitrogens with two attached hydrogens (primary N) is 1. The van der Waals surface area contributed by atoms with Crippen LogP contribution in [-0.4, -0.2) is 55.2 Å². The number of nitrogens with zero attached hydrogens (tertiary/aromatic N) is 7. The number of ether oxygens (including phenoxy) is 1. The van der Waals surface area contributed by atoms with E-state index in [1.165, 1.54) is 7.11 Å². The van der Waals surface area contributed by atoms with Gasteiger partial charge in [0.2, 0.25) is 0 Å². The molecule has 1 saturated heterocycles. The molecule has 0 radical (unpaired) electrons. The highest BCUT2D eigenvalue weighted by Crippen LogP contribution is 2.32. The van der Waals surface area contributed by atoms with Gasteiger partial charge >= 0.3 is 0 Å². The first-order valence-electron chi connectivity index (χ1n) is 10.4. The third-order valence-electron chi connectivity index (χ3n) is 5.68. The van der Waals surface area contributed by atoms with Crippen LogP contribution < -0.4 is 15.8 Å². The number of nitrogen functional groups attached to an aromatic ring is 1. The predicted octanol–water partition coefficient (Wildman–Crippen LogP) is 2.38. The van der Waals surface area contributed by atoms with E-state index in [9.17, 15) is 8.78 Å². The number of halogens is 2. The summed E-state index contributed by atoms with van der Waals surface area (Å²) in [6.45, 7) is 1.91. The van der Waals surface area contributed by atoms with Gasteiger partial charge in [-0.1, -0.05) is 0 Å². The molecule has 0 aliphatic carbocycles. The van der Waals surface area contributed by atoms with Gasteiger partial charge in [-0.25, -0.2) is 13.8 Å². The van der Waals surface area contributed by atoms with Gasteiger partial charge in [-0.15, -0.1) is 5.10 Å². The maximum atomic E-state index is 14.7. The molecule has 1 aliphatic rings. The minimum absolute atomic E-state index is 0.0392. The number of pyridine rings is 1. The molecule has 0 atom stereocenters. The molecule has 12 heteroatoms. The first-order valence-corrected chi connectivity index (χ1v) is 10.4. The van der Waals surface area contributed by atoms with Gasteiger partial charge in [0.05, 0.1) is 24.9 Å². The van der Waals surface area contributed by atoms with Crippen molar-refractivity contribution in [1.29, 1.82) is 0 Å². The minimum atomic E-state index is -0.883. The van der Waals surface area contributed by atoms with Gasteiger partial charge in [0.25, 0.3) is 0 Å². The van der Waals surface area contributed by atoms with Crippen LogP contribution in [0.3, 0.4) is 0 Å². The van der Waals surface area contributed by atoms with E-state index in [-0.39, 0.29) is 17.4 Å². The van der Waals surface area contributed by atoms with Gasteiger partial charge in [-0.2, -0.15) is 9.78 Å². The second-order valence-corrected chi connectivity index (χ2v) is 7.70. The van der Waals surface area contributed by atoms with Gasteiger partial charge in [0.1, 0.15) is 17.3 Å². The summed E-state index contributed by atoms with van der Waals surface area (Å²) in [4.78, 5) is 4.25. The second-order valence-electron chi connectivity index (χ2n) is 7.70. The Balaban J connectivity index is 1.54. The smallest absolute Gasteiger partial charge is 0.191 e. The maximum Gasteiger partial charge on any atom is 0.191 e. The molecule has 5 rings (SSSR count). The van der Waals surface area contributed by atoms with E-state index < -0.39 is 17.3 Å². The lowest BCUT2D eigenvalue weighted by Gasteiger charge is -2.22. The van der Waals surface area contributed by atoms with E-state index in [1.54, 1.807) is 18.5 Å². The largest absolute Gasteiger partial charge is 0.497 e. The van der Waals surface area contributed by atoms with Crippen LogP contribution in [0, 0.1) is 11.6 Å². The van der Waals surface area contributed by atoms with Crippen LogP contribution in [0.1, 0.15) is 18.9 Å². The summed E-state index contributed by atoms with van der Waals surface area (Å²) < 4.78 is 37.2. The summed E-state index contributed by atoms with van der Waals surface area (Å²) in [5, 5.41) is 19.2. The first-order chi connectivity index (χ1) is 16.0. The molecule has 3 aromatic heterocycles. The molecule has 4 heterocycles. The van der Waals surface area contributed by atoms with Gasteiger partial charge in [0, 0.05) is 35.7 Å². The van der Waals surface area contributed by atoms with Crippen molar-refractivity contribution in [3.05, 3.63) is 48.4 Å². The normalized spacial score (nSPS) is 14.5. The van der Waals surface area contributed by atoms with Crippen LogP contribution in [0.15, 0.2) is 36.8 Å². The first kappa shape index (κ1) is 20.9. The van der Waals surface area contributed by atoms with E-state index >= 15 is 0 Å². The van der Waals surface area contributed by atoms with Crippen LogP contribution >= 0.6 is 0 Å². The van der Waals surface area contributed by atoms with E-state index in [0.717, 1.165) is 53.9 Å². The summed E-state index contributed by atoms with van der Waals surface area (Å²) >= 11 is 0. The quantitative estimate of drug-likeness (QED) is 0.472. The lowest BCUT2D eigenvalue weighted by Crippen LogP contribution is -2.29. The predicted molar refractivity (Wildman–Crippen MR) is 116 cm³/mol. The highest BCUT2D eigenvalue weighted by Gasteiger charge is 2.22. The molecule has 1 fully saturated rings. The third kappa shape index (κ3) is 3.89. The van der Waals surface area contributed by atoms with Gasteiger partial charge in [-0.05, 0) is 42.4 Å². The Morgan fingerprint density at radius 1 is 1.09 bits per heavy atom. The Morgan fingerprint density at radius 2 is 1.85 bits per heavy atom. The molecule has 0 bridgehead atoms. The molecule has 0 unspecified atom stereocenters. The van der Waals surface area contributed by atoms with Crippen molar-refractivity contribution in [3.8, 4) is 34.0 Å². The number of nitrogens with one attached hydrogen (secondary N) is 1. The SMILES string of the molecule is COc1cc(F)c(-n2nnnc2-c2cc(-c3cnn(C4CCNCC4)c3)cnc2N)c(F)c1. The molecule has 0 amide bonds. The molecule has 10 nitrogen and oxygen atoms in total. The lowest BCUT2D eigenvalue weighted by molar-refractivity contribution is 0.343. The summed E-state index contributed by atoms with van der Waals surface area (Å²) in [6.07, 6.45) is 7.33. The summed E-state index contributed by atoms with van der Waals surface area (Å²) in [7, 11) is 1.32. The van der Waals surface area contributed by atoms with Gasteiger partial charge in [0.15, 0.2) is 17.5 Å². The Labute approximate surface area is 187 Å². The van der Waals surface area contributed by atoms with E-state index in [1.807, 2.05) is 10.9 Å². The van der Waals surface area contributed by atoms with E-state index in [4.69, 9.17) is 10.5 Å². The zero-order chi connectivity index (χ0) is 22.9. The molecule has 1 aromatic carbocycles. The fraction of sp³-hybridized carbons (Fsp3) is 0.286. The van der Waals surface area contributed by atoms with Crippen LogP contribution in [-0.2, 0) is 0 Å². The molecule has 170 valence electrons. The van der Waals surface area contributed by atoms with Gasteiger partial charge < -0.3 is 15.8 Å². The Kier molecular flexibility index (Phi) is 5.42. The Bertz CT molecular complexity index is 1270. The number of hydrogen-bond donors (Lipinski definition) is 2. The lowest BCUT2D eigenvalue weighted by atomic mass is 10.1. The number of aromatic nitrogens is 7. The number of tetrazole rings is 1. The number of anilines is 1. The fourth-order valence-corrected chi connectivity index (χ4v) is 3.94. The average molecular weight is 453 g/mol. The van der Waals surface area contributed by atoms with Crippen molar-refractivity contribution in [1.82, 2.24) is 40.3 Å². The summed E-state index contributed by atoms with van der Waals surface area (Å²) in [5.74, 6) is -1.56. The average Bonchev–Trinajstić information content (AvgIpc) is 3.50. The number of hydrogen-bond acceptors (Lipinski definition) is 8. The number of benzene rings is 1. The van der Waals surface area contributed by atoms with Crippen molar-refractivity contribution in [3.63, 3.8) is 0 Å². The highest BCUT2D eigenvalue weighted by atomic mass is 19.1. The number of rotatable bonds is 5. The zero-order valence-electron chi connectivity index (χ0n) is 17.7. The summed E-state index contributed by atoms with van der Waals surface area (Å²) in [6, 6.07) is 4.16. The molecule has 0 spiro atoms. The Morgan fingerprint density at radius 3 is 2.58 bits per heavy atom. The minimum Gasteiger partial charge on any atom is -0.497 e. The van der Waals surface area contributed by atoms with Crippen LogP contribution in [0.4, 0.5) is 14.6 Å². The van der Waals surface area contributed by atoms with E-state index in [0.29, 0.717) is 11.6 Å². The molecule has 0 saturated carbocycles. The zero-order valence-corrected chi connectivity index (χ0v) is 17.7. The molecule has 1 aliphatic heterocycles. The molecule has 33 heavy (non-hydrogen) atoms. The van der Waals surface area contributed by atoms with Gasteiger partial charge in [-0.3, -0.25) is 4.68 Å². The second kappa shape index (κ2) is 8.54. The standard InChI is InChI=1S/C21H21F2N9O/c1-33-15-7-17(22)19(18(23)8-15)32-21(28-29-30-32)16-6-12(9-26-20(16)24)13-10-27-31(11-13)14-2-4-25-5-3-14/h6-11,14,25H,2-5H2,1H3,(H2,24,26). The van der Waals surface area contributed by atoms with Crippen molar-refractivity contribution in [2.75, 3.05) is 25.9 Å². The number of methoxy groups -OCH3 is 1. The topological polar surface area (TPSA) is 122 Å². The van der Waals surface area contributed by atoms with Crippen LogP contribution in [0.25, 0.3) is 28.2 Å². The van der Waals surface area contributed by atoms with Crippen LogP contribution in [0.5, 0.6) is 5.75 Å². The van der Waals surface area contributed by atoms with Crippen LogP contribution in [0.2, 0.25) is 0 Å². The fourth-order valence-electron chi connectivity index (χ4n) is 3.94. The molecular weight excluding hydrogens is 432 g/mol. The molecular formula is C21H21F2N9O. The summed E-state index contributed by atoms with van der Waals surface area (Å²) in [5.41, 5.74) is 7.55. The third-order valence-corrected chi connectivity index (χ3v) is 5.68. The van der Waals surface area contributed by atoms with Crippen molar-refractivity contribution < 1.29 is 13.5 Å². The number of piperidine rings is 1. The monoisotopic (exact) mass is 453 g/mol. The van der Waals surface area contributed by atoms with Crippen molar-refractivity contribution in [2.45, 2.75) is 18.9 Å². The maximum absolute atomic E-state index is 14.7. The van der Waals surface area contributed by atoms with Crippen molar-refractivity contribution in [2.24, 2.45) is 0 Å². The van der Waals surface area contributed by atoms with Crippen molar-refractivity contribution >= 4 is 5.82 Å². The molecule has 3 N–H and O–H groups in total. The molecule has 4 aromatic rings.